The quantitative estimate of drug-likeness (QED) is 0.638. The number of nitrogens with one attached hydrogen (secondary N) is 1. The van der Waals surface area contributed by atoms with Gasteiger partial charge in [0.15, 0.2) is 0 Å². The molecule has 5 heteroatoms. The lowest BCUT2D eigenvalue weighted by molar-refractivity contribution is -0.182. The smallest absolute Gasteiger partial charge is 0.314 e. The van der Waals surface area contributed by atoms with Crippen molar-refractivity contribution in [3.8, 4) is 0 Å². The molecule has 1 nitrogen and oxygen atoms in total. The van der Waals surface area contributed by atoms with Gasteiger partial charge < -0.3 is 5.32 Å². The van der Waals surface area contributed by atoms with Crippen molar-refractivity contribution in [2.24, 2.45) is 5.92 Å². The fourth-order valence-electron chi connectivity index (χ4n) is 1.43. The number of hydrogen-bond acceptors (Lipinski definition) is 1. The normalized spacial score (nSPS) is 31.0. The largest absolute Gasteiger partial charge is 0.391 e. The van der Waals surface area contributed by atoms with Crippen LogP contribution < -0.4 is 5.32 Å². The summed E-state index contributed by atoms with van der Waals surface area (Å²) in [6.45, 7) is 2.28. The van der Waals surface area contributed by atoms with Crippen LogP contribution in [0.25, 0.3) is 0 Å². The molecule has 1 fully saturated rings. The van der Waals surface area contributed by atoms with Gasteiger partial charge in [-0.05, 0) is 26.3 Å². The summed E-state index contributed by atoms with van der Waals surface area (Å²) >= 11 is 0. The Morgan fingerprint density at radius 3 is 2.25 bits per heavy atom. The molecule has 12 heavy (non-hydrogen) atoms. The summed E-state index contributed by atoms with van der Waals surface area (Å²) in [5.41, 5.74) is 0. The van der Waals surface area contributed by atoms with Gasteiger partial charge in [0.2, 0.25) is 0 Å². The molecule has 2 atom stereocenters. The van der Waals surface area contributed by atoms with E-state index in [-0.39, 0.29) is 31.3 Å². The SMILES string of the molecule is C[C@@H]1C[C@H](C(F)(F)F)CCN1.Cl. The summed E-state index contributed by atoms with van der Waals surface area (Å²) < 4.78 is 36.3. The molecule has 1 aliphatic rings. The molecule has 1 N–H and O–H groups in total. The lowest BCUT2D eigenvalue weighted by atomic mass is 9.93. The molecular weight excluding hydrogens is 191 g/mol. The van der Waals surface area contributed by atoms with Gasteiger partial charge in [0.1, 0.15) is 0 Å². The van der Waals surface area contributed by atoms with E-state index in [0.717, 1.165) is 0 Å². The monoisotopic (exact) mass is 203 g/mol. The van der Waals surface area contributed by atoms with Crippen LogP contribution in [-0.2, 0) is 0 Å². The van der Waals surface area contributed by atoms with Gasteiger partial charge in [-0.15, -0.1) is 12.4 Å². The molecule has 1 aliphatic heterocycles. The summed E-state index contributed by atoms with van der Waals surface area (Å²) in [6, 6.07) is 0.00961. The number of rotatable bonds is 0. The van der Waals surface area contributed by atoms with Crippen molar-refractivity contribution in [1.29, 1.82) is 0 Å². The molecule has 0 amide bonds. The predicted molar refractivity (Wildman–Crippen MR) is 43.5 cm³/mol. The standard InChI is InChI=1S/C7H12F3N.ClH/c1-5-4-6(2-3-11-5)7(8,9)10;/h5-6,11H,2-4H2,1H3;1H/t5-,6-;/m1./s1. The lowest BCUT2D eigenvalue weighted by Crippen LogP contribution is -2.41. The molecule has 74 valence electrons. The Kier molecular flexibility index (Phi) is 4.34. The second-order valence-electron chi connectivity index (χ2n) is 3.12. The van der Waals surface area contributed by atoms with Crippen LogP contribution in [0.5, 0.6) is 0 Å². The number of piperidine rings is 1. The maximum absolute atomic E-state index is 12.1. The average molecular weight is 204 g/mol. The van der Waals surface area contributed by atoms with E-state index in [9.17, 15) is 13.2 Å². The Balaban J connectivity index is 0.00000121. The van der Waals surface area contributed by atoms with Gasteiger partial charge in [-0.2, -0.15) is 13.2 Å². The Morgan fingerprint density at radius 1 is 1.33 bits per heavy atom. The van der Waals surface area contributed by atoms with Crippen molar-refractivity contribution in [2.45, 2.75) is 32.0 Å². The van der Waals surface area contributed by atoms with Gasteiger partial charge in [0.05, 0.1) is 5.92 Å². The maximum atomic E-state index is 12.1. The Labute approximate surface area is 76.1 Å². The molecule has 0 spiro atoms. The first-order valence-electron chi connectivity index (χ1n) is 3.80. The van der Waals surface area contributed by atoms with Gasteiger partial charge in [-0.3, -0.25) is 0 Å². The molecule has 0 radical (unpaired) electrons. The van der Waals surface area contributed by atoms with Crippen LogP contribution in [0.3, 0.4) is 0 Å². The second-order valence-corrected chi connectivity index (χ2v) is 3.12. The first-order chi connectivity index (χ1) is 5.00. The summed E-state index contributed by atoms with van der Waals surface area (Å²) in [4.78, 5) is 0. The summed E-state index contributed by atoms with van der Waals surface area (Å²) in [6.07, 6.45) is -3.53. The van der Waals surface area contributed by atoms with Gasteiger partial charge in [0, 0.05) is 6.04 Å². The third-order valence-corrected chi connectivity index (χ3v) is 2.09. The van der Waals surface area contributed by atoms with Crippen LogP contribution in [-0.4, -0.2) is 18.8 Å². The molecule has 1 heterocycles. The van der Waals surface area contributed by atoms with Crippen molar-refractivity contribution in [2.75, 3.05) is 6.54 Å². The lowest BCUT2D eigenvalue weighted by Gasteiger charge is -2.29. The fraction of sp³-hybridized carbons (Fsp3) is 1.00. The van der Waals surface area contributed by atoms with Crippen LogP contribution in [0.1, 0.15) is 19.8 Å². The minimum absolute atomic E-state index is 0. The van der Waals surface area contributed by atoms with E-state index < -0.39 is 12.1 Å². The third-order valence-electron chi connectivity index (χ3n) is 2.09. The van der Waals surface area contributed by atoms with Gasteiger partial charge >= 0.3 is 6.18 Å². The average Bonchev–Trinajstić information content (AvgIpc) is 1.86. The topological polar surface area (TPSA) is 12.0 Å². The first-order valence-corrected chi connectivity index (χ1v) is 3.80. The maximum Gasteiger partial charge on any atom is 0.391 e. The van der Waals surface area contributed by atoms with E-state index in [1.807, 2.05) is 0 Å². The molecule has 0 aliphatic carbocycles. The van der Waals surface area contributed by atoms with Crippen LogP contribution >= 0.6 is 12.4 Å². The Morgan fingerprint density at radius 2 is 1.92 bits per heavy atom. The highest BCUT2D eigenvalue weighted by Crippen LogP contribution is 2.33. The molecule has 0 aromatic carbocycles. The van der Waals surface area contributed by atoms with Crippen LogP contribution in [0.15, 0.2) is 0 Å². The number of hydrogen-bond donors (Lipinski definition) is 1. The molecule has 0 aromatic heterocycles. The third kappa shape index (κ3) is 3.19. The highest BCUT2D eigenvalue weighted by atomic mass is 35.5. The molecule has 1 rings (SSSR count). The molecular formula is C7H13ClF3N. The van der Waals surface area contributed by atoms with Crippen LogP contribution in [0, 0.1) is 5.92 Å². The fourth-order valence-corrected chi connectivity index (χ4v) is 1.43. The molecule has 0 aromatic rings. The van der Waals surface area contributed by atoms with E-state index in [0.29, 0.717) is 6.54 Å². The molecule has 0 unspecified atom stereocenters. The highest BCUT2D eigenvalue weighted by molar-refractivity contribution is 5.85. The zero-order valence-corrected chi connectivity index (χ0v) is 7.63. The van der Waals surface area contributed by atoms with Gasteiger partial charge in [-0.1, -0.05) is 0 Å². The van der Waals surface area contributed by atoms with E-state index in [2.05, 4.69) is 5.32 Å². The zero-order valence-electron chi connectivity index (χ0n) is 6.82. The summed E-state index contributed by atoms with van der Waals surface area (Å²) in [7, 11) is 0. The molecule has 0 bridgehead atoms. The second kappa shape index (κ2) is 4.33. The number of alkyl halides is 3. The Hall–Kier alpha value is 0.0400. The highest BCUT2D eigenvalue weighted by Gasteiger charge is 2.41. The van der Waals surface area contributed by atoms with Crippen LogP contribution in [0.4, 0.5) is 13.2 Å². The van der Waals surface area contributed by atoms with Crippen LogP contribution in [0.2, 0.25) is 0 Å². The summed E-state index contributed by atoms with van der Waals surface area (Å²) in [5.74, 6) is -1.08. The van der Waals surface area contributed by atoms with E-state index in [1.54, 1.807) is 6.92 Å². The van der Waals surface area contributed by atoms with Crippen molar-refractivity contribution in [3.63, 3.8) is 0 Å². The number of halogens is 4. The Bertz CT molecular complexity index is 137. The van der Waals surface area contributed by atoms with E-state index in [4.69, 9.17) is 0 Å². The summed E-state index contributed by atoms with van der Waals surface area (Å²) in [5, 5.41) is 2.98. The minimum atomic E-state index is -3.99. The zero-order chi connectivity index (χ0) is 8.48. The predicted octanol–water partition coefficient (Wildman–Crippen LogP) is 2.36. The van der Waals surface area contributed by atoms with Gasteiger partial charge in [-0.25, -0.2) is 0 Å². The van der Waals surface area contributed by atoms with E-state index >= 15 is 0 Å². The minimum Gasteiger partial charge on any atom is -0.314 e. The van der Waals surface area contributed by atoms with Crippen molar-refractivity contribution < 1.29 is 13.2 Å². The first kappa shape index (κ1) is 12.0. The van der Waals surface area contributed by atoms with Crippen molar-refractivity contribution >= 4 is 12.4 Å². The van der Waals surface area contributed by atoms with Crippen molar-refractivity contribution in [1.82, 2.24) is 5.32 Å². The van der Waals surface area contributed by atoms with Gasteiger partial charge in [0.25, 0.3) is 0 Å². The molecule has 1 saturated heterocycles. The molecule has 0 saturated carbocycles. The van der Waals surface area contributed by atoms with Crippen molar-refractivity contribution in [3.05, 3.63) is 0 Å². The van der Waals surface area contributed by atoms with E-state index in [1.165, 1.54) is 0 Å².